The fourth-order valence-corrected chi connectivity index (χ4v) is 2.31. The first-order chi connectivity index (χ1) is 12.4. The van der Waals surface area contributed by atoms with Crippen LogP contribution in [0.1, 0.15) is 65.5 Å². The summed E-state index contributed by atoms with van der Waals surface area (Å²) in [6, 6.07) is 6.56. The van der Waals surface area contributed by atoms with Gasteiger partial charge in [0.2, 0.25) is 6.79 Å². The monoisotopic (exact) mass is 360 g/mol. The third-order valence-corrected chi connectivity index (χ3v) is 3.33. The van der Waals surface area contributed by atoms with Gasteiger partial charge in [-0.25, -0.2) is 4.39 Å². The van der Waals surface area contributed by atoms with Crippen molar-refractivity contribution < 1.29 is 18.7 Å². The summed E-state index contributed by atoms with van der Waals surface area (Å²) in [5.74, 6) is 2.28. The molecule has 0 unspecified atom stereocenters. The molecule has 0 radical (unpaired) electrons. The largest absolute Gasteiger partial charge is 0.457 e. The molecule has 0 N–H and O–H groups in total. The Bertz CT molecular complexity index is 758. The molecular formula is C22H29FO3. The molecule has 0 aliphatic heterocycles. The molecule has 2 aromatic rings. The Kier molecular flexibility index (Phi) is 10.8. The number of carbonyl (C=O) groups is 1. The van der Waals surface area contributed by atoms with Gasteiger partial charge in [0, 0.05) is 12.3 Å². The maximum absolute atomic E-state index is 13.9. The van der Waals surface area contributed by atoms with Crippen LogP contribution in [0, 0.1) is 18.2 Å². The molecule has 0 aliphatic rings. The number of terminal acetylenes is 1. The van der Waals surface area contributed by atoms with Crippen LogP contribution in [0.25, 0.3) is 10.8 Å². The van der Waals surface area contributed by atoms with Crippen LogP contribution in [-0.2, 0) is 9.53 Å². The molecule has 0 heterocycles. The van der Waals surface area contributed by atoms with Crippen LogP contribution in [0.5, 0.6) is 5.75 Å². The second kappa shape index (κ2) is 11.9. The van der Waals surface area contributed by atoms with Gasteiger partial charge >= 0.3 is 5.97 Å². The summed E-state index contributed by atoms with van der Waals surface area (Å²) in [4.78, 5) is 10.8. The van der Waals surface area contributed by atoms with E-state index in [0.29, 0.717) is 5.75 Å². The standard InChI is InChI=1S/C18H17FO3.2C2H6/c1-5-15-17(19)7-6-13-8-14(22-10-21-12(4)20)9-16(11(2)3)18(13)15;2*1-2/h1,6-9,11H,10H2,2-4H3;2*1-2H3. The molecule has 0 amide bonds. The topological polar surface area (TPSA) is 35.5 Å². The van der Waals surface area contributed by atoms with Crippen molar-refractivity contribution in [3.63, 3.8) is 0 Å². The Morgan fingerprint density at radius 2 is 1.81 bits per heavy atom. The summed E-state index contributed by atoms with van der Waals surface area (Å²) in [7, 11) is 0. The van der Waals surface area contributed by atoms with Crippen molar-refractivity contribution in [2.24, 2.45) is 0 Å². The number of rotatable bonds is 4. The number of esters is 1. The molecule has 0 aromatic heterocycles. The maximum Gasteiger partial charge on any atom is 0.305 e. The first-order valence-corrected chi connectivity index (χ1v) is 8.93. The molecule has 0 atom stereocenters. The first-order valence-electron chi connectivity index (χ1n) is 8.93. The third-order valence-electron chi connectivity index (χ3n) is 3.33. The molecule has 0 fully saturated rings. The fraction of sp³-hybridized carbons (Fsp3) is 0.409. The van der Waals surface area contributed by atoms with Crippen molar-refractivity contribution in [1.29, 1.82) is 0 Å². The smallest absolute Gasteiger partial charge is 0.305 e. The normalized spacial score (nSPS) is 9.38. The van der Waals surface area contributed by atoms with E-state index in [9.17, 15) is 9.18 Å². The zero-order valence-electron chi connectivity index (χ0n) is 16.8. The summed E-state index contributed by atoms with van der Waals surface area (Å²) in [6.07, 6.45) is 5.46. The minimum Gasteiger partial charge on any atom is -0.457 e. The minimum absolute atomic E-state index is 0.133. The van der Waals surface area contributed by atoms with Crippen molar-refractivity contribution in [2.45, 2.75) is 54.4 Å². The van der Waals surface area contributed by atoms with E-state index in [1.54, 1.807) is 18.2 Å². The highest BCUT2D eigenvalue weighted by Gasteiger charge is 2.14. The molecule has 2 aromatic carbocycles. The Morgan fingerprint density at radius 3 is 2.31 bits per heavy atom. The number of benzene rings is 2. The van der Waals surface area contributed by atoms with E-state index >= 15 is 0 Å². The van der Waals surface area contributed by atoms with Gasteiger partial charge in [0.1, 0.15) is 11.6 Å². The lowest BCUT2D eigenvalue weighted by atomic mass is 9.92. The number of fused-ring (bicyclic) bond motifs is 1. The molecule has 0 bridgehead atoms. The van der Waals surface area contributed by atoms with Crippen LogP contribution >= 0.6 is 0 Å². The van der Waals surface area contributed by atoms with Crippen LogP contribution in [0.3, 0.4) is 0 Å². The Morgan fingerprint density at radius 1 is 1.19 bits per heavy atom. The van der Waals surface area contributed by atoms with E-state index in [4.69, 9.17) is 15.9 Å². The highest BCUT2D eigenvalue weighted by atomic mass is 19.1. The predicted octanol–water partition coefficient (Wildman–Crippen LogP) is 6.04. The lowest BCUT2D eigenvalue weighted by Gasteiger charge is -2.15. The quantitative estimate of drug-likeness (QED) is 0.379. The second-order valence-electron chi connectivity index (χ2n) is 5.23. The number of hydrogen-bond donors (Lipinski definition) is 0. The van der Waals surface area contributed by atoms with E-state index in [1.165, 1.54) is 13.0 Å². The SMILES string of the molecule is C#Cc1c(F)ccc2cc(OCOC(C)=O)cc(C(C)C)c12.CC.CC. The van der Waals surface area contributed by atoms with E-state index in [-0.39, 0.29) is 18.3 Å². The lowest BCUT2D eigenvalue weighted by Crippen LogP contribution is -2.07. The van der Waals surface area contributed by atoms with E-state index in [2.05, 4.69) is 5.92 Å². The van der Waals surface area contributed by atoms with Crippen molar-refractivity contribution in [3.8, 4) is 18.1 Å². The summed E-state index contributed by atoms with van der Waals surface area (Å²) in [6.45, 7) is 13.1. The molecule has 0 aliphatic carbocycles. The van der Waals surface area contributed by atoms with Gasteiger partial charge in [-0.2, -0.15) is 0 Å². The van der Waals surface area contributed by atoms with Gasteiger partial charge < -0.3 is 9.47 Å². The van der Waals surface area contributed by atoms with Crippen LogP contribution < -0.4 is 4.74 Å². The predicted molar refractivity (Wildman–Crippen MR) is 106 cm³/mol. The molecule has 0 saturated heterocycles. The van der Waals surface area contributed by atoms with Gasteiger partial charge in [-0.05, 0) is 35.1 Å². The lowest BCUT2D eigenvalue weighted by molar-refractivity contribution is -0.147. The average molecular weight is 360 g/mol. The minimum atomic E-state index is -0.415. The van der Waals surface area contributed by atoms with Gasteiger partial charge in [-0.15, -0.1) is 6.42 Å². The molecule has 142 valence electrons. The van der Waals surface area contributed by atoms with Gasteiger partial charge in [0.05, 0.1) is 5.56 Å². The molecule has 0 saturated carbocycles. The molecular weight excluding hydrogens is 331 g/mol. The zero-order valence-corrected chi connectivity index (χ0v) is 16.8. The summed E-state index contributed by atoms with van der Waals surface area (Å²) in [5.41, 5.74) is 1.15. The Labute approximate surface area is 156 Å². The van der Waals surface area contributed by atoms with E-state index in [1.807, 2.05) is 41.5 Å². The van der Waals surface area contributed by atoms with Crippen molar-refractivity contribution in [3.05, 3.63) is 41.2 Å². The van der Waals surface area contributed by atoms with Crippen molar-refractivity contribution in [2.75, 3.05) is 6.79 Å². The number of carbonyl (C=O) groups excluding carboxylic acids is 1. The van der Waals surface area contributed by atoms with Gasteiger partial charge in [-0.1, -0.05) is 53.5 Å². The fourth-order valence-electron chi connectivity index (χ4n) is 2.31. The molecule has 3 nitrogen and oxygen atoms in total. The number of hydrogen-bond acceptors (Lipinski definition) is 3. The zero-order chi connectivity index (χ0) is 20.3. The maximum atomic E-state index is 13.9. The van der Waals surface area contributed by atoms with E-state index in [0.717, 1.165) is 16.3 Å². The molecule has 2 rings (SSSR count). The van der Waals surface area contributed by atoms with Gasteiger partial charge in [-0.3, -0.25) is 4.79 Å². The number of halogens is 1. The second-order valence-corrected chi connectivity index (χ2v) is 5.23. The Balaban J connectivity index is 0.00000146. The number of ether oxygens (including phenoxy) is 2. The van der Waals surface area contributed by atoms with Crippen LogP contribution in [0.15, 0.2) is 24.3 Å². The van der Waals surface area contributed by atoms with Crippen LogP contribution in [0.4, 0.5) is 4.39 Å². The van der Waals surface area contributed by atoms with Crippen molar-refractivity contribution >= 4 is 16.7 Å². The van der Waals surface area contributed by atoms with Crippen LogP contribution in [-0.4, -0.2) is 12.8 Å². The first kappa shape index (κ1) is 23.5. The molecule has 0 spiro atoms. The van der Waals surface area contributed by atoms with Gasteiger partial charge in [0.25, 0.3) is 0 Å². The molecule has 26 heavy (non-hydrogen) atoms. The third kappa shape index (κ3) is 6.07. The summed E-state index contributed by atoms with van der Waals surface area (Å²) < 4.78 is 24.1. The molecule has 4 heteroatoms. The summed E-state index contributed by atoms with van der Waals surface area (Å²) >= 11 is 0. The highest BCUT2D eigenvalue weighted by Crippen LogP contribution is 2.33. The average Bonchev–Trinajstić information content (AvgIpc) is 2.64. The van der Waals surface area contributed by atoms with E-state index < -0.39 is 11.8 Å². The van der Waals surface area contributed by atoms with Crippen LogP contribution in [0.2, 0.25) is 0 Å². The Hall–Kier alpha value is -2.54. The van der Waals surface area contributed by atoms with Crippen molar-refractivity contribution in [1.82, 2.24) is 0 Å². The highest BCUT2D eigenvalue weighted by molar-refractivity contribution is 5.93. The summed E-state index contributed by atoms with van der Waals surface area (Å²) in [5, 5.41) is 1.51. The van der Waals surface area contributed by atoms with Gasteiger partial charge in [0.15, 0.2) is 0 Å².